The van der Waals surface area contributed by atoms with Crippen LogP contribution in [0.4, 0.5) is 0 Å². The zero-order valence-electron chi connectivity index (χ0n) is 15.1. The quantitative estimate of drug-likeness (QED) is 0.806. The predicted molar refractivity (Wildman–Crippen MR) is 101 cm³/mol. The molecule has 138 valence electrons. The molecule has 0 aliphatic carbocycles. The first-order valence-corrected chi connectivity index (χ1v) is 9.83. The molecule has 0 unspecified atom stereocenters. The molecule has 3 rings (SSSR count). The van der Waals surface area contributed by atoms with Crippen LogP contribution in [0.15, 0.2) is 34.9 Å². The summed E-state index contributed by atoms with van der Waals surface area (Å²) >= 11 is 1.57. The molecule has 6 nitrogen and oxygen atoms in total. The van der Waals surface area contributed by atoms with Gasteiger partial charge in [0.25, 0.3) is 5.91 Å². The zero-order valence-corrected chi connectivity index (χ0v) is 15.9. The summed E-state index contributed by atoms with van der Waals surface area (Å²) in [5, 5.41) is 3.93. The standard InChI is InChI=1S/C19H23N3O3S/c1-14-17(15(2)25-20-14)12-26-13-18(23)21-8-10-22(11-9-21)19(24)16-6-4-3-5-7-16/h3-7H,8-13H2,1-2H3. The molecule has 0 bridgehead atoms. The van der Waals surface area contributed by atoms with Crippen LogP contribution in [0.5, 0.6) is 0 Å². The molecule has 1 aromatic heterocycles. The van der Waals surface area contributed by atoms with E-state index in [9.17, 15) is 9.59 Å². The fraction of sp³-hybridized carbons (Fsp3) is 0.421. The predicted octanol–water partition coefficient (Wildman–Crippen LogP) is 2.51. The Balaban J connectivity index is 1.44. The average Bonchev–Trinajstić information content (AvgIpc) is 3.00. The topological polar surface area (TPSA) is 66.7 Å². The van der Waals surface area contributed by atoms with Gasteiger partial charge in [-0.25, -0.2) is 0 Å². The molecule has 1 fully saturated rings. The van der Waals surface area contributed by atoms with E-state index in [1.807, 2.05) is 54.0 Å². The molecule has 0 N–H and O–H groups in total. The number of carbonyl (C=O) groups excluding carboxylic acids is 2. The Morgan fingerprint density at radius 3 is 2.35 bits per heavy atom. The number of hydrogen-bond donors (Lipinski definition) is 0. The monoisotopic (exact) mass is 373 g/mol. The van der Waals surface area contributed by atoms with E-state index in [2.05, 4.69) is 5.16 Å². The molecular formula is C19H23N3O3S. The number of benzene rings is 1. The van der Waals surface area contributed by atoms with Crippen LogP contribution >= 0.6 is 11.8 Å². The summed E-state index contributed by atoms with van der Waals surface area (Å²) in [6.45, 7) is 6.13. The van der Waals surface area contributed by atoms with Crippen LogP contribution < -0.4 is 0 Å². The molecule has 0 atom stereocenters. The Kier molecular flexibility index (Phi) is 5.98. The summed E-state index contributed by atoms with van der Waals surface area (Å²) in [7, 11) is 0. The molecule has 0 spiro atoms. The molecule has 1 aliphatic heterocycles. The van der Waals surface area contributed by atoms with E-state index in [0.29, 0.717) is 37.5 Å². The van der Waals surface area contributed by atoms with Gasteiger partial charge in [-0.15, -0.1) is 11.8 Å². The number of carbonyl (C=O) groups is 2. The number of nitrogens with zero attached hydrogens (tertiary/aromatic N) is 3. The minimum Gasteiger partial charge on any atom is -0.361 e. The Bertz CT molecular complexity index is 748. The van der Waals surface area contributed by atoms with Crippen molar-refractivity contribution in [2.24, 2.45) is 0 Å². The van der Waals surface area contributed by atoms with Crippen LogP contribution in [0, 0.1) is 13.8 Å². The molecule has 26 heavy (non-hydrogen) atoms. The lowest BCUT2D eigenvalue weighted by Crippen LogP contribution is -2.51. The normalized spacial score (nSPS) is 14.5. The highest BCUT2D eigenvalue weighted by Crippen LogP contribution is 2.20. The highest BCUT2D eigenvalue weighted by molar-refractivity contribution is 7.99. The lowest BCUT2D eigenvalue weighted by Gasteiger charge is -2.34. The van der Waals surface area contributed by atoms with Gasteiger partial charge < -0.3 is 14.3 Å². The van der Waals surface area contributed by atoms with Crippen molar-refractivity contribution in [1.82, 2.24) is 15.0 Å². The smallest absolute Gasteiger partial charge is 0.253 e. The van der Waals surface area contributed by atoms with Crippen LogP contribution in [0.1, 0.15) is 27.4 Å². The Labute approximate surface area is 157 Å². The molecule has 0 radical (unpaired) electrons. The lowest BCUT2D eigenvalue weighted by atomic mass is 10.2. The van der Waals surface area contributed by atoms with Crippen LogP contribution in [0.2, 0.25) is 0 Å². The van der Waals surface area contributed by atoms with Gasteiger partial charge >= 0.3 is 0 Å². The molecule has 2 amide bonds. The lowest BCUT2D eigenvalue weighted by molar-refractivity contribution is -0.129. The van der Waals surface area contributed by atoms with E-state index in [1.54, 1.807) is 11.8 Å². The summed E-state index contributed by atoms with van der Waals surface area (Å²) in [6, 6.07) is 9.27. The second-order valence-electron chi connectivity index (χ2n) is 6.33. The van der Waals surface area contributed by atoms with E-state index in [1.165, 1.54) is 0 Å². The number of hydrogen-bond acceptors (Lipinski definition) is 5. The minimum absolute atomic E-state index is 0.0329. The first kappa shape index (κ1) is 18.5. The van der Waals surface area contributed by atoms with Crippen molar-refractivity contribution in [1.29, 1.82) is 0 Å². The third kappa shape index (κ3) is 4.27. The van der Waals surface area contributed by atoms with Gasteiger partial charge in [-0.1, -0.05) is 23.4 Å². The molecule has 2 heterocycles. The number of aromatic nitrogens is 1. The van der Waals surface area contributed by atoms with Gasteiger partial charge in [0.15, 0.2) is 0 Å². The second kappa shape index (κ2) is 8.40. The molecule has 2 aromatic rings. The van der Waals surface area contributed by atoms with Crippen molar-refractivity contribution < 1.29 is 14.1 Å². The summed E-state index contributed by atoms with van der Waals surface area (Å²) in [5.41, 5.74) is 2.65. The number of thioether (sulfide) groups is 1. The largest absolute Gasteiger partial charge is 0.361 e. The molecule has 1 saturated heterocycles. The summed E-state index contributed by atoms with van der Waals surface area (Å²) in [6.07, 6.45) is 0. The highest BCUT2D eigenvalue weighted by Gasteiger charge is 2.24. The van der Waals surface area contributed by atoms with E-state index in [4.69, 9.17) is 4.52 Å². The minimum atomic E-state index is 0.0329. The number of aryl methyl sites for hydroxylation is 2. The first-order valence-electron chi connectivity index (χ1n) is 8.68. The van der Waals surface area contributed by atoms with E-state index in [-0.39, 0.29) is 11.8 Å². The van der Waals surface area contributed by atoms with Crippen LogP contribution in [-0.4, -0.2) is 58.7 Å². The molecule has 1 aliphatic rings. The van der Waals surface area contributed by atoms with Gasteiger partial charge in [-0.2, -0.15) is 0 Å². The number of amides is 2. The maximum atomic E-state index is 12.4. The zero-order chi connectivity index (χ0) is 18.5. The third-order valence-corrected chi connectivity index (χ3v) is 5.54. The van der Waals surface area contributed by atoms with Crippen molar-refractivity contribution in [2.75, 3.05) is 31.9 Å². The van der Waals surface area contributed by atoms with Crippen molar-refractivity contribution in [3.8, 4) is 0 Å². The summed E-state index contributed by atoms with van der Waals surface area (Å²) in [5.74, 6) is 2.12. The molecule has 7 heteroatoms. The van der Waals surface area contributed by atoms with E-state index in [0.717, 1.165) is 22.8 Å². The SMILES string of the molecule is Cc1noc(C)c1CSCC(=O)N1CCN(C(=O)c2ccccc2)CC1. The first-order chi connectivity index (χ1) is 12.6. The van der Waals surface area contributed by atoms with Crippen LogP contribution in [0.3, 0.4) is 0 Å². The second-order valence-corrected chi connectivity index (χ2v) is 7.32. The number of piperazine rings is 1. The van der Waals surface area contributed by atoms with Gasteiger partial charge in [-0.05, 0) is 26.0 Å². The molecular weight excluding hydrogens is 350 g/mol. The maximum absolute atomic E-state index is 12.4. The Hall–Kier alpha value is -2.28. The third-order valence-electron chi connectivity index (χ3n) is 4.59. The Morgan fingerprint density at radius 2 is 1.73 bits per heavy atom. The van der Waals surface area contributed by atoms with E-state index >= 15 is 0 Å². The van der Waals surface area contributed by atoms with Crippen molar-refractivity contribution in [2.45, 2.75) is 19.6 Å². The fourth-order valence-electron chi connectivity index (χ4n) is 2.96. The van der Waals surface area contributed by atoms with Gasteiger partial charge in [0.1, 0.15) is 5.76 Å². The highest BCUT2D eigenvalue weighted by atomic mass is 32.2. The average molecular weight is 373 g/mol. The van der Waals surface area contributed by atoms with Crippen molar-refractivity contribution in [3.63, 3.8) is 0 Å². The summed E-state index contributed by atoms with van der Waals surface area (Å²) in [4.78, 5) is 28.5. The van der Waals surface area contributed by atoms with Crippen molar-refractivity contribution in [3.05, 3.63) is 52.9 Å². The molecule has 1 aromatic carbocycles. The summed E-state index contributed by atoms with van der Waals surface area (Å²) < 4.78 is 5.14. The van der Waals surface area contributed by atoms with Gasteiger partial charge in [-0.3, -0.25) is 9.59 Å². The molecule has 0 saturated carbocycles. The Morgan fingerprint density at radius 1 is 1.08 bits per heavy atom. The van der Waals surface area contributed by atoms with Gasteiger partial charge in [0.2, 0.25) is 5.91 Å². The van der Waals surface area contributed by atoms with Gasteiger partial charge in [0.05, 0.1) is 11.4 Å². The fourth-order valence-corrected chi connectivity index (χ4v) is 4.04. The van der Waals surface area contributed by atoms with E-state index < -0.39 is 0 Å². The number of rotatable bonds is 5. The maximum Gasteiger partial charge on any atom is 0.253 e. The van der Waals surface area contributed by atoms with Gasteiger partial charge in [0, 0.05) is 43.1 Å². The van der Waals surface area contributed by atoms with Crippen molar-refractivity contribution >= 4 is 23.6 Å². The van der Waals surface area contributed by atoms with Crippen LogP contribution in [0.25, 0.3) is 0 Å². The van der Waals surface area contributed by atoms with Crippen LogP contribution in [-0.2, 0) is 10.5 Å².